The van der Waals surface area contributed by atoms with Gasteiger partial charge in [-0.3, -0.25) is 4.79 Å². The number of hydrogen-bond donors (Lipinski definition) is 2. The maximum absolute atomic E-state index is 12.5. The van der Waals surface area contributed by atoms with Gasteiger partial charge in [-0.2, -0.15) is 0 Å². The molecule has 0 aliphatic heterocycles. The summed E-state index contributed by atoms with van der Waals surface area (Å²) in [6.07, 6.45) is 0.358. The summed E-state index contributed by atoms with van der Waals surface area (Å²) in [6.45, 7) is -0.0646. The first-order valence-electron chi connectivity index (χ1n) is 6.21. The molecule has 0 aliphatic carbocycles. The van der Waals surface area contributed by atoms with Crippen molar-refractivity contribution in [3.63, 3.8) is 0 Å². The van der Waals surface area contributed by atoms with Crippen LogP contribution in [0.2, 0.25) is 0 Å². The molecule has 4 nitrogen and oxygen atoms in total. The molecule has 0 heterocycles. The minimum absolute atomic E-state index is 0.0173. The van der Waals surface area contributed by atoms with Crippen molar-refractivity contribution in [3.8, 4) is 0 Å². The van der Waals surface area contributed by atoms with Crippen LogP contribution in [0, 0.1) is 0 Å². The second kappa shape index (κ2) is 6.12. The number of aromatic carboxylic acids is 1. The molecule has 0 amide bonds. The Morgan fingerprint density at radius 2 is 1.40 bits per heavy atom. The lowest BCUT2D eigenvalue weighted by Crippen LogP contribution is -2.12. The minimum Gasteiger partial charge on any atom is -0.478 e. The Kier molecular flexibility index (Phi) is 4.27. The zero-order chi connectivity index (χ0) is 14.5. The average Bonchev–Trinajstić information content (AvgIpc) is 2.47. The standard InChI is InChI=1S/C16H14O4/c17-10-9-11-5-1-2-6-12(11)15(18)13-7-3-4-8-14(13)16(19)20/h1-8,17H,9-10H2,(H,19,20). The fraction of sp³-hybridized carbons (Fsp3) is 0.125. The summed E-state index contributed by atoms with van der Waals surface area (Å²) in [5, 5.41) is 18.2. The third kappa shape index (κ3) is 2.75. The molecule has 0 spiro atoms. The molecule has 2 rings (SSSR count). The van der Waals surface area contributed by atoms with Gasteiger partial charge >= 0.3 is 5.97 Å². The minimum atomic E-state index is -1.13. The van der Waals surface area contributed by atoms with E-state index in [1.54, 1.807) is 36.4 Å². The molecule has 0 saturated heterocycles. The number of ketones is 1. The third-order valence-electron chi connectivity index (χ3n) is 3.05. The van der Waals surface area contributed by atoms with Crippen molar-refractivity contribution in [3.05, 3.63) is 70.8 Å². The summed E-state index contributed by atoms with van der Waals surface area (Å²) < 4.78 is 0. The average molecular weight is 270 g/mol. The van der Waals surface area contributed by atoms with Gasteiger partial charge in [0, 0.05) is 17.7 Å². The molecular weight excluding hydrogens is 256 g/mol. The molecule has 0 radical (unpaired) electrons. The molecule has 0 bridgehead atoms. The molecule has 0 aliphatic rings. The van der Waals surface area contributed by atoms with Crippen LogP contribution in [0.1, 0.15) is 31.8 Å². The second-order valence-electron chi connectivity index (χ2n) is 4.31. The quantitative estimate of drug-likeness (QED) is 0.816. The van der Waals surface area contributed by atoms with E-state index in [4.69, 9.17) is 10.2 Å². The molecular formula is C16H14O4. The zero-order valence-electron chi connectivity index (χ0n) is 10.7. The lowest BCUT2D eigenvalue weighted by atomic mass is 9.94. The van der Waals surface area contributed by atoms with E-state index in [2.05, 4.69) is 0 Å². The number of aliphatic hydroxyl groups excluding tert-OH is 1. The van der Waals surface area contributed by atoms with E-state index in [-0.39, 0.29) is 23.5 Å². The number of rotatable bonds is 5. The van der Waals surface area contributed by atoms with E-state index in [1.165, 1.54) is 12.1 Å². The molecule has 0 aromatic heterocycles. The summed E-state index contributed by atoms with van der Waals surface area (Å²) in [6, 6.07) is 13.0. The monoisotopic (exact) mass is 270 g/mol. The van der Waals surface area contributed by atoms with Crippen LogP contribution in [0.3, 0.4) is 0 Å². The summed E-state index contributed by atoms with van der Waals surface area (Å²) >= 11 is 0. The Balaban J connectivity index is 2.50. The molecule has 0 atom stereocenters. The second-order valence-corrected chi connectivity index (χ2v) is 4.31. The predicted molar refractivity (Wildman–Crippen MR) is 74.1 cm³/mol. The summed E-state index contributed by atoms with van der Waals surface area (Å²) in [7, 11) is 0. The van der Waals surface area contributed by atoms with E-state index < -0.39 is 5.97 Å². The largest absolute Gasteiger partial charge is 0.478 e. The zero-order valence-corrected chi connectivity index (χ0v) is 10.7. The van der Waals surface area contributed by atoms with Crippen molar-refractivity contribution in [2.45, 2.75) is 6.42 Å². The first-order chi connectivity index (χ1) is 9.65. The fourth-order valence-corrected chi connectivity index (χ4v) is 2.09. The number of carboxylic acid groups (broad SMARTS) is 1. The van der Waals surface area contributed by atoms with Crippen LogP contribution in [-0.4, -0.2) is 28.6 Å². The molecule has 102 valence electrons. The Bertz CT molecular complexity index is 646. The highest BCUT2D eigenvalue weighted by Gasteiger charge is 2.19. The molecule has 4 heteroatoms. The van der Waals surface area contributed by atoms with Gasteiger partial charge in [0.05, 0.1) is 5.56 Å². The van der Waals surface area contributed by atoms with Crippen LogP contribution in [-0.2, 0) is 6.42 Å². The van der Waals surface area contributed by atoms with Crippen LogP contribution in [0.4, 0.5) is 0 Å². The Hall–Kier alpha value is -2.46. The van der Waals surface area contributed by atoms with Crippen LogP contribution in [0.5, 0.6) is 0 Å². The fourth-order valence-electron chi connectivity index (χ4n) is 2.09. The van der Waals surface area contributed by atoms with Crippen molar-refractivity contribution in [2.75, 3.05) is 6.61 Å². The SMILES string of the molecule is O=C(O)c1ccccc1C(=O)c1ccccc1CCO. The Labute approximate surface area is 116 Å². The van der Waals surface area contributed by atoms with Gasteiger partial charge in [0.1, 0.15) is 0 Å². The highest BCUT2D eigenvalue weighted by Crippen LogP contribution is 2.18. The lowest BCUT2D eigenvalue weighted by molar-refractivity contribution is 0.0692. The molecule has 0 unspecified atom stereocenters. The summed E-state index contributed by atoms with van der Waals surface area (Å²) in [4.78, 5) is 23.7. The van der Waals surface area contributed by atoms with E-state index >= 15 is 0 Å². The first-order valence-corrected chi connectivity index (χ1v) is 6.21. The highest BCUT2D eigenvalue weighted by atomic mass is 16.4. The van der Waals surface area contributed by atoms with E-state index in [1.807, 2.05) is 0 Å². The van der Waals surface area contributed by atoms with Crippen molar-refractivity contribution in [1.29, 1.82) is 0 Å². The van der Waals surface area contributed by atoms with Gasteiger partial charge in [-0.25, -0.2) is 4.79 Å². The number of aliphatic hydroxyl groups is 1. The third-order valence-corrected chi connectivity index (χ3v) is 3.05. The van der Waals surface area contributed by atoms with Gasteiger partial charge < -0.3 is 10.2 Å². The molecule has 0 fully saturated rings. The number of hydrogen-bond acceptors (Lipinski definition) is 3. The van der Waals surface area contributed by atoms with Crippen LogP contribution in [0.25, 0.3) is 0 Å². The lowest BCUT2D eigenvalue weighted by Gasteiger charge is -2.09. The Morgan fingerprint density at radius 1 is 0.850 bits per heavy atom. The van der Waals surface area contributed by atoms with Crippen molar-refractivity contribution in [1.82, 2.24) is 0 Å². The number of carbonyl (C=O) groups is 2. The van der Waals surface area contributed by atoms with E-state index in [0.29, 0.717) is 17.5 Å². The first kappa shape index (κ1) is 14.0. The van der Waals surface area contributed by atoms with Gasteiger partial charge in [-0.1, -0.05) is 42.5 Å². The molecule has 0 saturated carbocycles. The van der Waals surface area contributed by atoms with E-state index in [9.17, 15) is 9.59 Å². The smallest absolute Gasteiger partial charge is 0.336 e. The maximum Gasteiger partial charge on any atom is 0.336 e. The van der Waals surface area contributed by atoms with Gasteiger partial charge in [-0.05, 0) is 18.1 Å². The van der Waals surface area contributed by atoms with Crippen LogP contribution < -0.4 is 0 Å². The maximum atomic E-state index is 12.5. The topological polar surface area (TPSA) is 74.6 Å². The van der Waals surface area contributed by atoms with Crippen LogP contribution >= 0.6 is 0 Å². The van der Waals surface area contributed by atoms with Gasteiger partial charge in [0.15, 0.2) is 5.78 Å². The number of benzene rings is 2. The van der Waals surface area contributed by atoms with Gasteiger partial charge in [0.2, 0.25) is 0 Å². The highest BCUT2D eigenvalue weighted by molar-refractivity contribution is 6.14. The number of carbonyl (C=O) groups excluding carboxylic acids is 1. The van der Waals surface area contributed by atoms with Crippen LogP contribution in [0.15, 0.2) is 48.5 Å². The van der Waals surface area contributed by atoms with Gasteiger partial charge in [0.25, 0.3) is 0 Å². The van der Waals surface area contributed by atoms with Gasteiger partial charge in [-0.15, -0.1) is 0 Å². The molecule has 2 aromatic rings. The number of carboxylic acids is 1. The van der Waals surface area contributed by atoms with E-state index in [0.717, 1.165) is 0 Å². The Morgan fingerprint density at radius 3 is 2.00 bits per heavy atom. The predicted octanol–water partition coefficient (Wildman–Crippen LogP) is 2.15. The summed E-state index contributed by atoms with van der Waals surface area (Å²) in [5.74, 6) is -1.47. The normalized spacial score (nSPS) is 10.2. The summed E-state index contributed by atoms with van der Waals surface area (Å²) in [5.41, 5.74) is 1.28. The van der Waals surface area contributed by atoms with Crippen molar-refractivity contribution in [2.24, 2.45) is 0 Å². The molecule has 20 heavy (non-hydrogen) atoms. The molecule has 2 aromatic carbocycles. The molecule has 2 N–H and O–H groups in total. The van der Waals surface area contributed by atoms with Crippen molar-refractivity contribution < 1.29 is 19.8 Å². The van der Waals surface area contributed by atoms with Crippen molar-refractivity contribution >= 4 is 11.8 Å².